The van der Waals surface area contributed by atoms with E-state index in [4.69, 9.17) is 11.6 Å². The maximum absolute atomic E-state index is 5.84. The Kier molecular flexibility index (Phi) is 3.34. The third kappa shape index (κ3) is 1.92. The predicted molar refractivity (Wildman–Crippen MR) is 73.5 cm³/mol. The van der Waals surface area contributed by atoms with Gasteiger partial charge in [0, 0.05) is 19.0 Å². The predicted octanol–water partition coefficient (Wildman–Crippen LogP) is 4.81. The quantitative estimate of drug-likeness (QED) is 0.545. The number of hydrogen-bond acceptors (Lipinski definition) is 1. The fourth-order valence-electron chi connectivity index (χ4n) is 1.47. The smallest absolute Gasteiger partial charge is 0.0479 e. The lowest BCUT2D eigenvalue weighted by Gasteiger charge is -1.98. The molecule has 0 aliphatic carbocycles. The molecule has 3 heteroatoms. The van der Waals surface area contributed by atoms with Crippen LogP contribution in [0.1, 0.15) is 17.4 Å². The Morgan fingerprint density at radius 2 is 2.14 bits per heavy atom. The van der Waals surface area contributed by atoms with Crippen LogP contribution in [0, 0.1) is 3.57 Å². The number of hydrogen-bond donors (Lipinski definition) is 0. The Morgan fingerprint density at radius 3 is 2.79 bits per heavy atom. The van der Waals surface area contributed by atoms with Gasteiger partial charge in [0.15, 0.2) is 0 Å². The molecule has 0 spiro atoms. The molecule has 0 fully saturated rings. The van der Waals surface area contributed by atoms with Crippen molar-refractivity contribution in [3.8, 4) is 0 Å². The summed E-state index contributed by atoms with van der Waals surface area (Å²) in [5.41, 5.74) is 1.21. The molecule has 0 amide bonds. The minimum absolute atomic E-state index is 0.600. The van der Waals surface area contributed by atoms with Gasteiger partial charge in [-0.3, -0.25) is 0 Å². The number of fused-ring (bicyclic) bond motifs is 1. The lowest BCUT2D eigenvalue weighted by Crippen LogP contribution is -1.79. The van der Waals surface area contributed by atoms with Crippen molar-refractivity contribution in [2.45, 2.75) is 19.2 Å². The summed E-state index contributed by atoms with van der Waals surface area (Å²) >= 11 is 10.1. The Balaban J connectivity index is 2.67. The van der Waals surface area contributed by atoms with Crippen LogP contribution in [-0.2, 0) is 12.3 Å². The lowest BCUT2D eigenvalue weighted by atomic mass is 10.2. The number of aryl methyl sites for hydroxylation is 1. The first kappa shape index (κ1) is 10.7. The third-order valence-electron chi connectivity index (χ3n) is 2.18. The van der Waals surface area contributed by atoms with Crippen molar-refractivity contribution < 1.29 is 0 Å². The number of alkyl halides is 1. The van der Waals surface area contributed by atoms with Crippen molar-refractivity contribution in [2.24, 2.45) is 0 Å². The van der Waals surface area contributed by atoms with E-state index in [1.54, 1.807) is 0 Å². The number of benzene rings is 1. The maximum atomic E-state index is 5.84. The van der Waals surface area contributed by atoms with Crippen LogP contribution in [0.5, 0.6) is 0 Å². The minimum atomic E-state index is 0.600. The Labute approximate surface area is 106 Å². The summed E-state index contributed by atoms with van der Waals surface area (Å²) < 4.78 is 2.72. The molecular weight excluding hydrogens is 327 g/mol. The summed E-state index contributed by atoms with van der Waals surface area (Å²) in [5.74, 6) is 0.600. The summed E-state index contributed by atoms with van der Waals surface area (Å²) in [6, 6.07) is 6.64. The van der Waals surface area contributed by atoms with E-state index in [1.807, 2.05) is 11.3 Å². The molecule has 0 bridgehead atoms. The van der Waals surface area contributed by atoms with Crippen LogP contribution in [0.15, 0.2) is 18.2 Å². The zero-order valence-electron chi connectivity index (χ0n) is 7.81. The highest BCUT2D eigenvalue weighted by Gasteiger charge is 2.05. The molecule has 0 radical (unpaired) electrons. The molecule has 0 saturated heterocycles. The molecular formula is C11H10ClIS. The molecule has 0 nitrogen and oxygen atoms in total. The van der Waals surface area contributed by atoms with Crippen molar-refractivity contribution in [1.82, 2.24) is 0 Å². The third-order valence-corrected chi connectivity index (χ3v) is 5.04. The van der Waals surface area contributed by atoms with Gasteiger partial charge >= 0.3 is 0 Å². The topological polar surface area (TPSA) is 0 Å². The minimum Gasteiger partial charge on any atom is -0.139 e. The Morgan fingerprint density at radius 1 is 1.36 bits per heavy atom. The van der Waals surface area contributed by atoms with Crippen molar-refractivity contribution in [3.63, 3.8) is 0 Å². The summed E-state index contributed by atoms with van der Waals surface area (Å²) in [4.78, 5) is 1.45. The van der Waals surface area contributed by atoms with E-state index in [-0.39, 0.29) is 0 Å². The van der Waals surface area contributed by atoms with Crippen LogP contribution in [0.25, 0.3) is 10.1 Å². The lowest BCUT2D eigenvalue weighted by molar-refractivity contribution is 1.19. The molecule has 1 aromatic heterocycles. The Hall–Kier alpha value is 0.200. The van der Waals surface area contributed by atoms with Crippen molar-refractivity contribution in [3.05, 3.63) is 32.2 Å². The monoisotopic (exact) mass is 336 g/mol. The van der Waals surface area contributed by atoms with Gasteiger partial charge in [-0.1, -0.05) is 6.92 Å². The van der Waals surface area contributed by atoms with Crippen molar-refractivity contribution in [1.29, 1.82) is 0 Å². The summed E-state index contributed by atoms with van der Waals surface area (Å²) in [6.07, 6.45) is 1.12. The van der Waals surface area contributed by atoms with Gasteiger partial charge in [-0.2, -0.15) is 0 Å². The van der Waals surface area contributed by atoms with E-state index < -0.39 is 0 Å². The van der Waals surface area contributed by atoms with Gasteiger partial charge < -0.3 is 0 Å². The maximum Gasteiger partial charge on any atom is 0.0479 e. The average Bonchev–Trinajstić information content (AvgIpc) is 2.61. The van der Waals surface area contributed by atoms with Crippen LogP contribution >= 0.6 is 45.5 Å². The number of halogens is 2. The Bertz CT molecular complexity index is 462. The fraction of sp³-hybridized carbons (Fsp3) is 0.273. The van der Waals surface area contributed by atoms with E-state index in [0.29, 0.717) is 5.88 Å². The zero-order valence-corrected chi connectivity index (χ0v) is 11.5. The number of rotatable bonds is 2. The highest BCUT2D eigenvalue weighted by Crippen LogP contribution is 2.31. The van der Waals surface area contributed by atoms with E-state index in [9.17, 15) is 0 Å². The van der Waals surface area contributed by atoms with Crippen molar-refractivity contribution >= 4 is 55.6 Å². The highest BCUT2D eigenvalue weighted by molar-refractivity contribution is 14.1. The molecule has 0 aliphatic rings. The van der Waals surface area contributed by atoms with E-state index in [0.717, 1.165) is 6.42 Å². The second kappa shape index (κ2) is 4.37. The number of thiophene rings is 1. The van der Waals surface area contributed by atoms with Gasteiger partial charge in [0.1, 0.15) is 0 Å². The molecule has 2 aromatic rings. The average molecular weight is 337 g/mol. The van der Waals surface area contributed by atoms with Crippen molar-refractivity contribution in [2.75, 3.05) is 0 Å². The highest BCUT2D eigenvalue weighted by atomic mass is 127. The molecule has 0 atom stereocenters. The SMILES string of the molecule is CCc1cc2cc(CCl)cc(I)c2s1. The van der Waals surface area contributed by atoms with Crippen LogP contribution in [0.2, 0.25) is 0 Å². The van der Waals surface area contributed by atoms with Crippen LogP contribution < -0.4 is 0 Å². The van der Waals surface area contributed by atoms with Gasteiger partial charge in [-0.25, -0.2) is 0 Å². The van der Waals surface area contributed by atoms with Gasteiger partial charge in [-0.05, 0) is 58.2 Å². The van der Waals surface area contributed by atoms with Crippen LogP contribution in [0.4, 0.5) is 0 Å². The molecule has 14 heavy (non-hydrogen) atoms. The normalized spacial score (nSPS) is 11.1. The van der Waals surface area contributed by atoms with E-state index in [2.05, 4.69) is 47.7 Å². The second-order valence-electron chi connectivity index (χ2n) is 3.20. The van der Waals surface area contributed by atoms with Gasteiger partial charge in [0.2, 0.25) is 0 Å². The molecule has 74 valence electrons. The molecule has 1 heterocycles. The first-order chi connectivity index (χ1) is 6.74. The second-order valence-corrected chi connectivity index (χ2v) is 5.76. The first-order valence-corrected chi connectivity index (χ1v) is 6.94. The standard InChI is InChI=1S/C11H10ClIS/c1-2-9-5-8-3-7(6-12)4-10(13)11(8)14-9/h3-5H,2,6H2,1H3. The van der Waals surface area contributed by atoms with Gasteiger partial charge in [0.05, 0.1) is 0 Å². The van der Waals surface area contributed by atoms with E-state index in [1.165, 1.54) is 24.1 Å². The largest absolute Gasteiger partial charge is 0.139 e. The summed E-state index contributed by atoms with van der Waals surface area (Å²) in [5, 5.41) is 1.34. The molecule has 0 saturated carbocycles. The first-order valence-electron chi connectivity index (χ1n) is 4.51. The van der Waals surface area contributed by atoms with Crippen LogP contribution in [-0.4, -0.2) is 0 Å². The molecule has 0 aliphatic heterocycles. The molecule has 0 unspecified atom stereocenters. The summed E-state index contributed by atoms with van der Waals surface area (Å²) in [7, 11) is 0. The van der Waals surface area contributed by atoms with Gasteiger partial charge in [0.25, 0.3) is 0 Å². The summed E-state index contributed by atoms with van der Waals surface area (Å²) in [6.45, 7) is 2.19. The zero-order chi connectivity index (χ0) is 10.1. The van der Waals surface area contributed by atoms with E-state index >= 15 is 0 Å². The van der Waals surface area contributed by atoms with Crippen LogP contribution in [0.3, 0.4) is 0 Å². The molecule has 1 aromatic carbocycles. The fourth-order valence-corrected chi connectivity index (χ4v) is 3.65. The van der Waals surface area contributed by atoms with Gasteiger partial charge in [-0.15, -0.1) is 22.9 Å². The molecule has 0 N–H and O–H groups in total. The molecule has 2 rings (SSSR count).